The van der Waals surface area contributed by atoms with Gasteiger partial charge in [-0.3, -0.25) is 9.59 Å². The highest BCUT2D eigenvalue weighted by Gasteiger charge is 2.46. The number of carbonyl (C=O) groups is 2. The van der Waals surface area contributed by atoms with E-state index in [1.54, 1.807) is 24.5 Å². The number of H-pyrrole nitrogens is 1. The summed E-state index contributed by atoms with van der Waals surface area (Å²) in [5.74, 6) is -0.791. The first-order valence-corrected chi connectivity index (χ1v) is 8.85. The molecule has 26 heavy (non-hydrogen) atoms. The number of hydrogen-bond acceptors (Lipinski definition) is 4. The molecule has 2 saturated heterocycles. The number of rotatable bonds is 2. The van der Waals surface area contributed by atoms with Gasteiger partial charge in [0, 0.05) is 25.2 Å². The van der Waals surface area contributed by atoms with E-state index in [1.807, 2.05) is 0 Å². The van der Waals surface area contributed by atoms with Crippen molar-refractivity contribution in [3.63, 3.8) is 0 Å². The first-order valence-electron chi connectivity index (χ1n) is 8.85. The third kappa shape index (κ3) is 3.05. The summed E-state index contributed by atoms with van der Waals surface area (Å²) in [6.07, 6.45) is 2.17. The van der Waals surface area contributed by atoms with Gasteiger partial charge in [0.15, 0.2) is 0 Å². The molecule has 138 valence electrons. The molecule has 4 rings (SSSR count). The molecule has 2 aromatic rings. The van der Waals surface area contributed by atoms with Gasteiger partial charge in [-0.15, -0.1) is 0 Å². The zero-order valence-corrected chi connectivity index (χ0v) is 14.4. The molecule has 3 heterocycles. The van der Waals surface area contributed by atoms with Crippen molar-refractivity contribution in [3.8, 4) is 0 Å². The van der Waals surface area contributed by atoms with E-state index in [0.29, 0.717) is 44.8 Å². The Morgan fingerprint density at radius 3 is 2.81 bits per heavy atom. The van der Waals surface area contributed by atoms with E-state index >= 15 is 4.39 Å². The van der Waals surface area contributed by atoms with Gasteiger partial charge in [-0.1, -0.05) is 0 Å². The van der Waals surface area contributed by atoms with Gasteiger partial charge in [0.2, 0.25) is 5.67 Å². The van der Waals surface area contributed by atoms with Gasteiger partial charge >= 0.3 is 0 Å². The lowest BCUT2D eigenvalue weighted by Crippen LogP contribution is -2.58. The lowest BCUT2D eigenvalue weighted by Gasteiger charge is -2.40. The minimum absolute atomic E-state index is 0.145. The van der Waals surface area contributed by atoms with Crippen molar-refractivity contribution in [1.29, 1.82) is 0 Å². The van der Waals surface area contributed by atoms with Gasteiger partial charge < -0.3 is 19.5 Å². The van der Waals surface area contributed by atoms with E-state index in [9.17, 15) is 9.59 Å². The smallest absolute Gasteiger partial charge is 0.262 e. The number of fused-ring (bicyclic) bond motifs is 1. The molecule has 2 fully saturated rings. The normalized spacial score (nSPS) is 24.0. The Labute approximate surface area is 150 Å². The molecule has 2 amide bonds. The van der Waals surface area contributed by atoms with Crippen LogP contribution in [0, 0.1) is 0 Å². The van der Waals surface area contributed by atoms with Crippen molar-refractivity contribution in [3.05, 3.63) is 30.1 Å². The number of hydrogen-bond donors (Lipinski definition) is 1. The van der Waals surface area contributed by atoms with Crippen LogP contribution in [0.1, 0.15) is 23.2 Å². The van der Waals surface area contributed by atoms with Crippen LogP contribution < -0.4 is 0 Å². The Morgan fingerprint density at radius 1 is 1.19 bits per heavy atom. The van der Waals surface area contributed by atoms with Gasteiger partial charge in [-0.2, -0.15) is 0 Å². The number of nitrogens with one attached hydrogen (secondary N) is 1. The van der Waals surface area contributed by atoms with E-state index in [-0.39, 0.29) is 18.9 Å². The van der Waals surface area contributed by atoms with Crippen LogP contribution in [0.5, 0.6) is 0 Å². The fourth-order valence-corrected chi connectivity index (χ4v) is 3.66. The number of ether oxygens (including phenoxy) is 1. The molecule has 1 aromatic heterocycles. The van der Waals surface area contributed by atoms with Crippen LogP contribution in [0.15, 0.2) is 24.5 Å². The van der Waals surface area contributed by atoms with Gasteiger partial charge in [-0.25, -0.2) is 9.37 Å². The Bertz CT molecular complexity index is 833. The van der Waals surface area contributed by atoms with Crippen LogP contribution in [0.3, 0.4) is 0 Å². The summed E-state index contributed by atoms with van der Waals surface area (Å²) in [7, 11) is 0. The van der Waals surface area contributed by atoms with Crippen molar-refractivity contribution in [1.82, 2.24) is 19.8 Å². The van der Waals surface area contributed by atoms with Gasteiger partial charge in [0.05, 0.1) is 37.1 Å². The number of morpholine rings is 1. The zero-order chi connectivity index (χ0) is 18.1. The van der Waals surface area contributed by atoms with Crippen LogP contribution in [0.4, 0.5) is 4.39 Å². The number of amides is 2. The average molecular weight is 360 g/mol. The predicted octanol–water partition coefficient (Wildman–Crippen LogP) is 1.37. The second-order valence-electron chi connectivity index (χ2n) is 6.83. The molecule has 7 nitrogen and oxygen atoms in total. The van der Waals surface area contributed by atoms with E-state index in [1.165, 1.54) is 9.80 Å². The van der Waals surface area contributed by atoms with E-state index < -0.39 is 11.6 Å². The number of nitrogens with zero attached hydrogens (tertiary/aromatic N) is 3. The molecule has 0 saturated carbocycles. The van der Waals surface area contributed by atoms with Crippen molar-refractivity contribution in [2.75, 3.05) is 39.4 Å². The number of carbonyl (C=O) groups excluding carboxylic acids is 2. The van der Waals surface area contributed by atoms with E-state index in [2.05, 4.69) is 9.97 Å². The molecule has 0 bridgehead atoms. The predicted molar refractivity (Wildman–Crippen MR) is 92.5 cm³/mol. The number of halogens is 1. The second kappa shape index (κ2) is 6.68. The minimum atomic E-state index is -2.02. The first-order chi connectivity index (χ1) is 12.6. The van der Waals surface area contributed by atoms with E-state index in [0.717, 1.165) is 11.0 Å². The highest BCUT2D eigenvalue weighted by atomic mass is 19.1. The Balaban J connectivity index is 1.51. The number of aromatic nitrogens is 2. The zero-order valence-electron chi connectivity index (χ0n) is 14.4. The number of benzene rings is 1. The Hall–Kier alpha value is -2.48. The summed E-state index contributed by atoms with van der Waals surface area (Å²) in [6.45, 7) is 1.89. The average Bonchev–Trinajstić information content (AvgIpc) is 3.15. The van der Waals surface area contributed by atoms with Crippen LogP contribution in [-0.2, 0) is 9.53 Å². The number of aromatic amines is 1. The van der Waals surface area contributed by atoms with Gasteiger partial charge in [0.25, 0.3) is 11.8 Å². The van der Waals surface area contributed by atoms with E-state index in [4.69, 9.17) is 4.74 Å². The molecule has 0 aliphatic carbocycles. The van der Waals surface area contributed by atoms with Crippen molar-refractivity contribution in [2.45, 2.75) is 18.5 Å². The quantitative estimate of drug-likeness (QED) is 0.877. The number of alkyl halides is 1. The van der Waals surface area contributed by atoms with Gasteiger partial charge in [-0.05, 0) is 31.0 Å². The Morgan fingerprint density at radius 2 is 2.00 bits per heavy atom. The van der Waals surface area contributed by atoms with Crippen molar-refractivity contribution in [2.24, 2.45) is 0 Å². The molecule has 0 spiro atoms. The standard InChI is InChI=1S/C18H21FN4O3/c19-18(17(25)22-6-8-26-9-7-22)4-1-5-23(11-18)16(24)13-2-3-14-15(10-13)21-12-20-14/h2-3,10,12H,1,4-9,11H2,(H,20,21). The molecule has 1 unspecified atom stereocenters. The van der Waals surface area contributed by atoms with Crippen LogP contribution in [0.25, 0.3) is 11.0 Å². The minimum Gasteiger partial charge on any atom is -0.378 e. The third-order valence-electron chi connectivity index (χ3n) is 5.08. The van der Waals surface area contributed by atoms with Crippen molar-refractivity contribution >= 4 is 22.8 Å². The maximum absolute atomic E-state index is 15.4. The van der Waals surface area contributed by atoms with Crippen LogP contribution in [-0.4, -0.2) is 76.6 Å². The van der Waals surface area contributed by atoms with Crippen molar-refractivity contribution < 1.29 is 18.7 Å². The highest BCUT2D eigenvalue weighted by molar-refractivity contribution is 5.98. The first kappa shape index (κ1) is 17.0. The lowest BCUT2D eigenvalue weighted by atomic mass is 9.92. The summed E-state index contributed by atoms with van der Waals surface area (Å²) in [6, 6.07) is 5.15. The highest BCUT2D eigenvalue weighted by Crippen LogP contribution is 2.29. The number of piperidine rings is 1. The fourth-order valence-electron chi connectivity index (χ4n) is 3.66. The summed E-state index contributed by atoms with van der Waals surface area (Å²) in [4.78, 5) is 35.5. The molecule has 1 atom stereocenters. The van der Waals surface area contributed by atoms with Crippen LogP contribution in [0.2, 0.25) is 0 Å². The lowest BCUT2D eigenvalue weighted by molar-refractivity contribution is -0.151. The van der Waals surface area contributed by atoms with Gasteiger partial charge in [0.1, 0.15) is 0 Å². The largest absolute Gasteiger partial charge is 0.378 e. The molecule has 2 aliphatic heterocycles. The summed E-state index contributed by atoms with van der Waals surface area (Å²) < 4.78 is 20.7. The Kier molecular flexibility index (Phi) is 4.36. The molecule has 2 aliphatic rings. The maximum Gasteiger partial charge on any atom is 0.262 e. The van der Waals surface area contributed by atoms with Crippen LogP contribution >= 0.6 is 0 Å². The molecule has 0 radical (unpaired) electrons. The summed E-state index contributed by atoms with van der Waals surface area (Å²) in [5, 5.41) is 0. The molecule has 1 N–H and O–H groups in total. The maximum atomic E-state index is 15.4. The molecular weight excluding hydrogens is 339 g/mol. The summed E-state index contributed by atoms with van der Waals surface area (Å²) >= 11 is 0. The molecular formula is C18H21FN4O3. The number of likely N-dealkylation sites (tertiary alicyclic amines) is 1. The second-order valence-corrected chi connectivity index (χ2v) is 6.83. The molecule has 8 heteroatoms. The number of imidazole rings is 1. The third-order valence-corrected chi connectivity index (χ3v) is 5.08. The summed E-state index contributed by atoms with van der Waals surface area (Å²) in [5.41, 5.74) is -0.0420. The topological polar surface area (TPSA) is 78.5 Å². The SMILES string of the molecule is O=C(c1ccc2nc[nH]c2c1)N1CCCC(F)(C(=O)N2CCOCC2)C1. The molecule has 1 aromatic carbocycles. The monoisotopic (exact) mass is 360 g/mol. The fraction of sp³-hybridized carbons (Fsp3) is 0.500.